The Morgan fingerprint density at radius 3 is 2.70 bits per heavy atom. The molecule has 2 aliphatic heterocycles. The zero-order valence-electron chi connectivity index (χ0n) is 16.4. The highest BCUT2D eigenvalue weighted by Gasteiger charge is 2.29. The molecule has 1 unspecified atom stereocenters. The highest BCUT2D eigenvalue weighted by molar-refractivity contribution is 6.33. The fourth-order valence-electron chi connectivity index (χ4n) is 4.84. The Morgan fingerprint density at radius 2 is 1.80 bits per heavy atom. The van der Waals surface area contributed by atoms with Gasteiger partial charge in [0.1, 0.15) is 13.1 Å². The van der Waals surface area contributed by atoms with Gasteiger partial charge in [-0.2, -0.15) is 0 Å². The molecular weight excluding hydrogens is 406 g/mol. The average Bonchev–Trinajstić information content (AvgIpc) is 3.23. The molecule has 0 saturated carbocycles. The Kier molecular flexibility index (Phi) is 4.18. The molecule has 1 aliphatic carbocycles. The van der Waals surface area contributed by atoms with Crippen LogP contribution in [0.15, 0.2) is 33.5 Å². The number of aryl methyl sites for hydroxylation is 1. The van der Waals surface area contributed by atoms with E-state index in [0.717, 1.165) is 71.4 Å². The van der Waals surface area contributed by atoms with E-state index in [1.54, 1.807) is 0 Å². The molecule has 7 heteroatoms. The second-order valence-electron chi connectivity index (χ2n) is 8.18. The molecule has 0 amide bonds. The van der Waals surface area contributed by atoms with Gasteiger partial charge in [-0.3, -0.25) is 4.90 Å². The van der Waals surface area contributed by atoms with Crippen molar-refractivity contribution in [3.05, 3.63) is 62.0 Å². The Hall–Kier alpha value is -2.70. The molecule has 3 aromatic rings. The topological polar surface area (TPSA) is 62.3 Å². The van der Waals surface area contributed by atoms with E-state index in [9.17, 15) is 4.79 Å². The maximum Gasteiger partial charge on any atom is 0.339 e. The van der Waals surface area contributed by atoms with Gasteiger partial charge in [0.15, 0.2) is 22.8 Å². The summed E-state index contributed by atoms with van der Waals surface area (Å²) in [5, 5.41) is 1.54. The first-order valence-corrected chi connectivity index (χ1v) is 10.7. The summed E-state index contributed by atoms with van der Waals surface area (Å²) in [6, 6.07) is 7.90. The molecule has 1 atom stereocenters. The van der Waals surface area contributed by atoms with Crippen LogP contribution >= 0.6 is 11.6 Å². The lowest BCUT2D eigenvalue weighted by Crippen LogP contribution is -3.10. The molecule has 3 heterocycles. The molecule has 1 aromatic heterocycles. The second kappa shape index (κ2) is 6.93. The summed E-state index contributed by atoms with van der Waals surface area (Å²) in [6.45, 7) is 2.17. The summed E-state index contributed by atoms with van der Waals surface area (Å²) in [4.78, 5) is 13.9. The van der Waals surface area contributed by atoms with Crippen LogP contribution in [0.1, 0.15) is 35.1 Å². The number of nitrogens with one attached hydrogen (secondary N) is 1. The fraction of sp³-hybridized carbons (Fsp3) is 0.348. The molecule has 154 valence electrons. The van der Waals surface area contributed by atoms with Crippen LogP contribution in [0.25, 0.3) is 11.0 Å². The van der Waals surface area contributed by atoms with Crippen molar-refractivity contribution in [3.8, 4) is 17.2 Å². The Labute approximate surface area is 177 Å². The number of quaternary nitrogens is 1. The lowest BCUT2D eigenvalue weighted by atomic mass is 9.90. The molecular formula is C23H21ClNO5+. The number of halogens is 1. The van der Waals surface area contributed by atoms with Crippen LogP contribution in [0, 0.1) is 0 Å². The van der Waals surface area contributed by atoms with E-state index in [-0.39, 0.29) is 12.4 Å². The Bertz CT molecular complexity index is 1230. The van der Waals surface area contributed by atoms with Crippen LogP contribution in [0.3, 0.4) is 0 Å². The highest BCUT2D eigenvalue weighted by Crippen LogP contribution is 2.39. The molecule has 0 fully saturated rings. The maximum atomic E-state index is 12.7. The first-order valence-electron chi connectivity index (χ1n) is 10.3. The summed E-state index contributed by atoms with van der Waals surface area (Å²) in [5.41, 5.74) is 4.33. The van der Waals surface area contributed by atoms with Crippen LogP contribution in [-0.4, -0.2) is 13.5 Å². The predicted molar refractivity (Wildman–Crippen MR) is 111 cm³/mol. The van der Waals surface area contributed by atoms with Gasteiger partial charge < -0.3 is 18.6 Å². The normalized spacial score (nSPS) is 19.3. The van der Waals surface area contributed by atoms with Gasteiger partial charge in [0, 0.05) is 16.5 Å². The van der Waals surface area contributed by atoms with Gasteiger partial charge in [0.05, 0.1) is 10.6 Å². The number of hydrogen-bond donors (Lipinski definition) is 1. The summed E-state index contributed by atoms with van der Waals surface area (Å²) >= 11 is 6.59. The number of fused-ring (bicyclic) bond motifs is 6. The quantitative estimate of drug-likeness (QED) is 0.638. The van der Waals surface area contributed by atoms with Crippen molar-refractivity contribution in [2.75, 3.05) is 13.5 Å². The SMILES string of the molecule is O=c1oc2c3c(c(Cl)cc2c2c1CCCC2)OC[NH+](Cc1ccc2c(c1)OCO2)C3. The third kappa shape index (κ3) is 2.86. The summed E-state index contributed by atoms with van der Waals surface area (Å²) in [5.74, 6) is 2.19. The van der Waals surface area contributed by atoms with Gasteiger partial charge >= 0.3 is 5.63 Å². The maximum absolute atomic E-state index is 12.7. The average molecular weight is 427 g/mol. The van der Waals surface area contributed by atoms with E-state index in [2.05, 4.69) is 0 Å². The van der Waals surface area contributed by atoms with Crippen molar-refractivity contribution in [1.82, 2.24) is 0 Å². The highest BCUT2D eigenvalue weighted by atomic mass is 35.5. The molecule has 0 radical (unpaired) electrons. The number of rotatable bonds is 2. The zero-order chi connectivity index (χ0) is 20.2. The van der Waals surface area contributed by atoms with Crippen molar-refractivity contribution in [2.45, 2.75) is 38.8 Å². The van der Waals surface area contributed by atoms with E-state index >= 15 is 0 Å². The first-order chi connectivity index (χ1) is 14.7. The van der Waals surface area contributed by atoms with Gasteiger partial charge in [-0.1, -0.05) is 11.6 Å². The summed E-state index contributed by atoms with van der Waals surface area (Å²) < 4.78 is 22.8. The molecule has 0 bridgehead atoms. The Morgan fingerprint density at radius 1 is 0.967 bits per heavy atom. The second-order valence-corrected chi connectivity index (χ2v) is 8.58. The van der Waals surface area contributed by atoms with Gasteiger partial charge in [0.25, 0.3) is 0 Å². The van der Waals surface area contributed by atoms with Gasteiger partial charge in [-0.15, -0.1) is 0 Å². The van der Waals surface area contributed by atoms with E-state index in [4.69, 9.17) is 30.2 Å². The van der Waals surface area contributed by atoms with Crippen LogP contribution in [0.2, 0.25) is 5.02 Å². The van der Waals surface area contributed by atoms with Gasteiger partial charge in [-0.25, -0.2) is 4.79 Å². The molecule has 30 heavy (non-hydrogen) atoms. The van der Waals surface area contributed by atoms with E-state index < -0.39 is 0 Å². The van der Waals surface area contributed by atoms with Crippen LogP contribution in [0.5, 0.6) is 17.2 Å². The minimum absolute atomic E-state index is 0.218. The van der Waals surface area contributed by atoms with Gasteiger partial charge in [-0.05, 0) is 55.5 Å². The van der Waals surface area contributed by atoms with Crippen molar-refractivity contribution in [2.24, 2.45) is 0 Å². The third-order valence-corrected chi connectivity index (χ3v) is 6.53. The molecule has 6 rings (SSSR count). The van der Waals surface area contributed by atoms with E-state index in [0.29, 0.717) is 29.6 Å². The molecule has 0 spiro atoms. The largest absolute Gasteiger partial charge is 0.454 e. The molecule has 6 nitrogen and oxygen atoms in total. The predicted octanol–water partition coefficient (Wildman–Crippen LogP) is 2.99. The molecule has 0 saturated heterocycles. The van der Waals surface area contributed by atoms with Crippen LogP contribution in [-0.2, 0) is 25.9 Å². The Balaban J connectivity index is 1.39. The fourth-order valence-corrected chi connectivity index (χ4v) is 5.11. The monoisotopic (exact) mass is 426 g/mol. The first kappa shape index (κ1) is 18.1. The molecule has 2 aromatic carbocycles. The molecule has 1 N–H and O–H groups in total. The van der Waals surface area contributed by atoms with Crippen LogP contribution < -0.4 is 24.7 Å². The van der Waals surface area contributed by atoms with Crippen molar-refractivity contribution in [3.63, 3.8) is 0 Å². The number of ether oxygens (including phenoxy) is 3. The van der Waals surface area contributed by atoms with Crippen molar-refractivity contribution < 1.29 is 23.5 Å². The minimum atomic E-state index is -0.218. The third-order valence-electron chi connectivity index (χ3n) is 6.25. The standard InChI is InChI=1S/C23H20ClNO5/c24-18-8-16-14-3-1-2-4-15(14)23(26)30-21(16)17-10-25(11-27-22(17)18)9-13-5-6-19-20(7-13)29-12-28-19/h5-8H,1-4,9-12H2/p+1. The van der Waals surface area contributed by atoms with Gasteiger partial charge in [0.2, 0.25) is 13.5 Å². The molecule has 3 aliphatic rings. The summed E-state index contributed by atoms with van der Waals surface area (Å²) in [7, 11) is 0. The van der Waals surface area contributed by atoms with Crippen LogP contribution in [0.4, 0.5) is 0 Å². The van der Waals surface area contributed by atoms with Crippen molar-refractivity contribution in [1.29, 1.82) is 0 Å². The lowest BCUT2D eigenvalue weighted by molar-refractivity contribution is -0.945. The lowest BCUT2D eigenvalue weighted by Gasteiger charge is -2.28. The minimum Gasteiger partial charge on any atom is -0.454 e. The number of hydrogen-bond acceptors (Lipinski definition) is 5. The summed E-state index contributed by atoms with van der Waals surface area (Å²) in [6.07, 6.45) is 3.78. The van der Waals surface area contributed by atoms with Crippen molar-refractivity contribution >= 4 is 22.6 Å². The number of benzene rings is 2. The van der Waals surface area contributed by atoms with E-state index in [1.165, 1.54) is 4.90 Å². The smallest absolute Gasteiger partial charge is 0.339 e. The van der Waals surface area contributed by atoms with E-state index in [1.807, 2.05) is 24.3 Å². The zero-order valence-corrected chi connectivity index (χ0v) is 17.1.